The van der Waals surface area contributed by atoms with Gasteiger partial charge in [-0.2, -0.15) is 0 Å². The number of ether oxygens (including phenoxy) is 1. The first-order valence-corrected chi connectivity index (χ1v) is 4.52. The zero-order valence-corrected chi connectivity index (χ0v) is 8.96. The predicted molar refractivity (Wildman–Crippen MR) is 56.6 cm³/mol. The van der Waals surface area contributed by atoms with Gasteiger partial charge in [-0.25, -0.2) is 4.79 Å². The van der Waals surface area contributed by atoms with E-state index in [0.29, 0.717) is 0 Å². The molecule has 3 N–H and O–H groups in total. The molecule has 0 atom stereocenters. The largest absolute Gasteiger partial charge is 0.455 e. The Labute approximate surface area is 87.3 Å². The zero-order valence-electron chi connectivity index (χ0n) is 8.96. The van der Waals surface area contributed by atoms with E-state index < -0.39 is 11.6 Å². The van der Waals surface area contributed by atoms with Gasteiger partial charge in [0.05, 0.1) is 5.69 Å². The molecule has 0 amide bonds. The molecule has 0 saturated heterocycles. The van der Waals surface area contributed by atoms with Crippen molar-refractivity contribution in [2.45, 2.75) is 26.4 Å². The average molecular weight is 210 g/mol. The van der Waals surface area contributed by atoms with Crippen LogP contribution in [0, 0.1) is 0 Å². The quantitative estimate of drug-likeness (QED) is 0.675. The summed E-state index contributed by atoms with van der Waals surface area (Å²) in [6.45, 7) is 5.21. The summed E-state index contributed by atoms with van der Waals surface area (Å²) in [6.07, 6.45) is 0. The van der Waals surface area contributed by atoms with Crippen molar-refractivity contribution in [3.8, 4) is 0 Å². The van der Waals surface area contributed by atoms with Gasteiger partial charge in [-0.3, -0.25) is 4.79 Å². The van der Waals surface area contributed by atoms with Crippen molar-refractivity contribution in [3.05, 3.63) is 28.2 Å². The van der Waals surface area contributed by atoms with Crippen molar-refractivity contribution in [2.75, 3.05) is 5.73 Å². The number of aromatic nitrogens is 1. The maximum Gasteiger partial charge on any atom is 0.357 e. The van der Waals surface area contributed by atoms with E-state index in [1.165, 1.54) is 12.1 Å². The first-order valence-electron chi connectivity index (χ1n) is 4.52. The molecule has 82 valence electrons. The van der Waals surface area contributed by atoms with Crippen molar-refractivity contribution < 1.29 is 9.53 Å². The lowest BCUT2D eigenvalue weighted by molar-refractivity contribution is 0.00639. The van der Waals surface area contributed by atoms with E-state index in [1.54, 1.807) is 20.8 Å². The van der Waals surface area contributed by atoms with Crippen LogP contribution < -0.4 is 11.3 Å². The van der Waals surface area contributed by atoms with Gasteiger partial charge in [0.2, 0.25) is 5.56 Å². The number of rotatable bonds is 1. The molecule has 5 nitrogen and oxygen atoms in total. The van der Waals surface area contributed by atoms with E-state index in [0.717, 1.165) is 0 Å². The normalized spacial score (nSPS) is 11.1. The van der Waals surface area contributed by atoms with Crippen molar-refractivity contribution >= 4 is 11.7 Å². The highest BCUT2D eigenvalue weighted by Crippen LogP contribution is 2.13. The van der Waals surface area contributed by atoms with Crippen molar-refractivity contribution in [3.63, 3.8) is 0 Å². The van der Waals surface area contributed by atoms with Crippen LogP contribution in [0.3, 0.4) is 0 Å². The number of hydrogen-bond donors (Lipinski definition) is 2. The Kier molecular flexibility index (Phi) is 2.83. The summed E-state index contributed by atoms with van der Waals surface area (Å²) < 4.78 is 5.07. The minimum atomic E-state index is -0.627. The fourth-order valence-corrected chi connectivity index (χ4v) is 0.984. The van der Waals surface area contributed by atoms with Crippen LogP contribution in [-0.4, -0.2) is 16.6 Å². The van der Waals surface area contributed by atoms with Gasteiger partial charge in [0, 0.05) is 6.07 Å². The minimum Gasteiger partial charge on any atom is -0.455 e. The van der Waals surface area contributed by atoms with Crippen molar-refractivity contribution in [2.24, 2.45) is 0 Å². The highest BCUT2D eigenvalue weighted by Gasteiger charge is 2.20. The van der Waals surface area contributed by atoms with Crippen molar-refractivity contribution in [1.82, 2.24) is 4.98 Å². The third kappa shape index (κ3) is 3.12. The summed E-state index contributed by atoms with van der Waals surface area (Å²) in [4.78, 5) is 24.9. The highest BCUT2D eigenvalue weighted by molar-refractivity contribution is 5.92. The lowest BCUT2D eigenvalue weighted by Gasteiger charge is -2.19. The molecular weight excluding hydrogens is 196 g/mol. The maximum atomic E-state index is 11.6. The second-order valence-corrected chi connectivity index (χ2v) is 4.15. The molecule has 1 aromatic heterocycles. The van der Waals surface area contributed by atoms with Gasteiger partial charge in [-0.15, -0.1) is 0 Å². The molecule has 1 heterocycles. The number of carbonyl (C=O) groups excluding carboxylic acids is 1. The molecule has 15 heavy (non-hydrogen) atoms. The minimum absolute atomic E-state index is 0.00238. The third-order valence-electron chi connectivity index (χ3n) is 1.55. The second kappa shape index (κ2) is 3.76. The fraction of sp³-hybridized carbons (Fsp3) is 0.400. The number of nitrogens with two attached hydrogens (primary N) is 1. The lowest BCUT2D eigenvalue weighted by atomic mass is 10.2. The van der Waals surface area contributed by atoms with Gasteiger partial charge < -0.3 is 15.5 Å². The van der Waals surface area contributed by atoms with Gasteiger partial charge >= 0.3 is 5.97 Å². The van der Waals surface area contributed by atoms with E-state index in [2.05, 4.69) is 4.98 Å². The second-order valence-electron chi connectivity index (χ2n) is 4.15. The van der Waals surface area contributed by atoms with Crippen LogP contribution in [0.4, 0.5) is 5.69 Å². The first-order chi connectivity index (χ1) is 6.79. The number of anilines is 1. The molecule has 0 spiro atoms. The van der Waals surface area contributed by atoms with Crippen LogP contribution >= 0.6 is 0 Å². The maximum absolute atomic E-state index is 11.6. The predicted octanol–water partition coefficient (Wildman–Crippen LogP) is 0.912. The number of carbonyl (C=O) groups is 1. The molecule has 0 aromatic carbocycles. The number of aromatic amines is 1. The number of pyridine rings is 1. The lowest BCUT2D eigenvalue weighted by Crippen LogP contribution is -2.26. The number of nitrogens with one attached hydrogen (secondary N) is 1. The molecule has 0 fully saturated rings. The van der Waals surface area contributed by atoms with E-state index in [-0.39, 0.29) is 16.9 Å². The molecule has 0 aliphatic carbocycles. The van der Waals surface area contributed by atoms with E-state index in [4.69, 9.17) is 10.5 Å². The van der Waals surface area contributed by atoms with E-state index in [1.807, 2.05) is 0 Å². The topological polar surface area (TPSA) is 85.2 Å². The Morgan fingerprint density at radius 2 is 2.00 bits per heavy atom. The average Bonchev–Trinajstić information content (AvgIpc) is 2.06. The molecule has 0 saturated carbocycles. The number of H-pyrrole nitrogens is 1. The SMILES string of the molecule is CC(C)(C)OC(=O)c1[nH]c(=O)ccc1N. The molecule has 1 rings (SSSR count). The van der Waals surface area contributed by atoms with Gasteiger partial charge in [-0.05, 0) is 26.8 Å². The molecule has 1 aromatic rings. The van der Waals surface area contributed by atoms with Crippen LogP contribution in [0.15, 0.2) is 16.9 Å². The monoisotopic (exact) mass is 210 g/mol. The number of nitrogen functional groups attached to an aromatic ring is 1. The number of esters is 1. The highest BCUT2D eigenvalue weighted by atomic mass is 16.6. The molecule has 0 bridgehead atoms. The summed E-state index contributed by atoms with van der Waals surface area (Å²) in [5, 5.41) is 0. The Hall–Kier alpha value is -1.78. The molecule has 0 unspecified atom stereocenters. The summed E-state index contributed by atoms with van der Waals surface area (Å²) in [5.74, 6) is -0.627. The zero-order chi connectivity index (χ0) is 11.6. The van der Waals surface area contributed by atoms with Crippen LogP contribution in [0.2, 0.25) is 0 Å². The molecule has 0 radical (unpaired) electrons. The van der Waals surface area contributed by atoms with Gasteiger partial charge in [0.15, 0.2) is 5.69 Å². The Morgan fingerprint density at radius 3 is 2.53 bits per heavy atom. The summed E-state index contributed by atoms with van der Waals surface area (Å²) in [7, 11) is 0. The third-order valence-corrected chi connectivity index (χ3v) is 1.55. The van der Waals surface area contributed by atoms with Gasteiger partial charge in [-0.1, -0.05) is 0 Å². The molecule has 5 heteroatoms. The Bertz CT molecular complexity index is 429. The van der Waals surface area contributed by atoms with Crippen molar-refractivity contribution in [1.29, 1.82) is 0 Å². The summed E-state index contributed by atoms with van der Waals surface area (Å²) >= 11 is 0. The molecule has 0 aliphatic heterocycles. The number of hydrogen-bond acceptors (Lipinski definition) is 4. The van der Waals surface area contributed by atoms with E-state index >= 15 is 0 Å². The Balaban J connectivity index is 3.01. The first kappa shape index (κ1) is 11.3. The molecule has 0 aliphatic rings. The van der Waals surface area contributed by atoms with Gasteiger partial charge in [0.1, 0.15) is 5.60 Å². The summed E-state index contributed by atoms with van der Waals surface area (Å²) in [6, 6.07) is 2.63. The van der Waals surface area contributed by atoms with Crippen LogP contribution in [0.1, 0.15) is 31.3 Å². The standard InChI is InChI=1S/C10H14N2O3/c1-10(2,3)15-9(14)8-6(11)4-5-7(13)12-8/h4-5H,11H2,1-3H3,(H,12,13). The van der Waals surface area contributed by atoms with E-state index in [9.17, 15) is 9.59 Å². The Morgan fingerprint density at radius 1 is 1.40 bits per heavy atom. The van der Waals surface area contributed by atoms with Crippen LogP contribution in [0.5, 0.6) is 0 Å². The van der Waals surface area contributed by atoms with Crippen LogP contribution in [0.25, 0.3) is 0 Å². The fourth-order valence-electron chi connectivity index (χ4n) is 0.984. The van der Waals surface area contributed by atoms with Gasteiger partial charge in [0.25, 0.3) is 0 Å². The molecular formula is C10H14N2O3. The summed E-state index contributed by atoms with van der Waals surface area (Å²) in [5.41, 5.74) is 4.73. The van der Waals surface area contributed by atoms with Crippen LogP contribution in [-0.2, 0) is 4.74 Å². The smallest absolute Gasteiger partial charge is 0.357 e.